The number of hydrogen-bond acceptors (Lipinski definition) is 6. The van der Waals surface area contributed by atoms with Crippen LogP contribution in [0.3, 0.4) is 0 Å². The van der Waals surface area contributed by atoms with Crippen molar-refractivity contribution in [3.05, 3.63) is 40.9 Å². The molecule has 0 fully saturated rings. The van der Waals surface area contributed by atoms with Gasteiger partial charge in [-0.25, -0.2) is 14.8 Å². The zero-order valence-electron chi connectivity index (χ0n) is 10.5. The first-order chi connectivity index (χ1) is 9.66. The molecular weight excluding hydrogens is 280 g/mol. The molecule has 0 unspecified atom stereocenters. The molecule has 0 aromatic carbocycles. The normalized spacial score (nSPS) is 10.8. The molecule has 0 amide bonds. The molecule has 102 valence electrons. The second kappa shape index (κ2) is 4.93. The quantitative estimate of drug-likeness (QED) is 0.795. The van der Waals surface area contributed by atoms with E-state index in [9.17, 15) is 4.79 Å². The molecule has 0 radical (unpaired) electrons. The molecule has 0 aliphatic carbocycles. The van der Waals surface area contributed by atoms with Crippen LogP contribution in [0.25, 0.3) is 10.2 Å². The van der Waals surface area contributed by atoms with Crippen LogP contribution < -0.4 is 4.74 Å². The van der Waals surface area contributed by atoms with Crippen molar-refractivity contribution in [1.82, 2.24) is 9.97 Å². The Balaban J connectivity index is 2.00. The minimum atomic E-state index is -0.970. The lowest BCUT2D eigenvalue weighted by atomic mass is 10.2. The zero-order valence-corrected chi connectivity index (χ0v) is 11.3. The van der Waals surface area contributed by atoms with Crippen LogP contribution in [0.5, 0.6) is 5.88 Å². The second-order valence-electron chi connectivity index (χ2n) is 4.09. The average Bonchev–Trinajstić information content (AvgIpc) is 3.05. The number of aryl methyl sites for hydroxylation is 1. The highest BCUT2D eigenvalue weighted by Gasteiger charge is 2.19. The van der Waals surface area contributed by atoms with Gasteiger partial charge in [-0.2, -0.15) is 0 Å². The number of hydrogen-bond donors (Lipinski definition) is 1. The number of thiophene rings is 1. The summed E-state index contributed by atoms with van der Waals surface area (Å²) < 4.78 is 10.8. The standard InChI is InChI=1S/C13H10N2O4S/c1-7-9-11(19-5-8-3-2-4-18-8)14-6-15-12(9)20-10(7)13(16)17/h2-4,6H,5H2,1H3,(H,16,17). The highest BCUT2D eigenvalue weighted by Crippen LogP contribution is 2.34. The van der Waals surface area contributed by atoms with Gasteiger partial charge in [0.2, 0.25) is 5.88 Å². The molecule has 0 bridgehead atoms. The molecule has 20 heavy (non-hydrogen) atoms. The molecule has 6 nitrogen and oxygen atoms in total. The summed E-state index contributed by atoms with van der Waals surface area (Å²) in [4.78, 5) is 20.2. The summed E-state index contributed by atoms with van der Waals surface area (Å²) in [6, 6.07) is 3.56. The number of rotatable bonds is 4. The zero-order chi connectivity index (χ0) is 14.1. The Morgan fingerprint density at radius 2 is 2.35 bits per heavy atom. The molecule has 0 aliphatic heterocycles. The number of aromatic carboxylic acids is 1. The van der Waals surface area contributed by atoms with E-state index < -0.39 is 5.97 Å². The Hall–Kier alpha value is -2.41. The van der Waals surface area contributed by atoms with Gasteiger partial charge in [0, 0.05) is 0 Å². The van der Waals surface area contributed by atoms with E-state index in [2.05, 4.69) is 9.97 Å². The number of carboxylic acid groups (broad SMARTS) is 1. The topological polar surface area (TPSA) is 85.5 Å². The summed E-state index contributed by atoms with van der Waals surface area (Å²) in [6.07, 6.45) is 2.92. The summed E-state index contributed by atoms with van der Waals surface area (Å²) in [5, 5.41) is 9.78. The molecule has 0 spiro atoms. The lowest BCUT2D eigenvalue weighted by Crippen LogP contribution is -1.98. The van der Waals surface area contributed by atoms with Crippen LogP contribution in [-0.2, 0) is 6.61 Å². The second-order valence-corrected chi connectivity index (χ2v) is 5.09. The van der Waals surface area contributed by atoms with Crippen molar-refractivity contribution in [2.75, 3.05) is 0 Å². The van der Waals surface area contributed by atoms with Crippen molar-refractivity contribution in [2.24, 2.45) is 0 Å². The first-order valence-electron chi connectivity index (χ1n) is 5.79. The van der Waals surface area contributed by atoms with Gasteiger partial charge < -0.3 is 14.3 Å². The van der Waals surface area contributed by atoms with Crippen molar-refractivity contribution in [2.45, 2.75) is 13.5 Å². The van der Waals surface area contributed by atoms with Crippen molar-refractivity contribution >= 4 is 27.5 Å². The third-order valence-electron chi connectivity index (χ3n) is 2.82. The van der Waals surface area contributed by atoms with Gasteiger partial charge in [-0.15, -0.1) is 11.3 Å². The van der Waals surface area contributed by atoms with E-state index in [0.717, 1.165) is 11.3 Å². The summed E-state index contributed by atoms with van der Waals surface area (Å²) in [5.74, 6) is 0.0678. The van der Waals surface area contributed by atoms with Gasteiger partial charge in [-0.05, 0) is 24.6 Å². The number of ether oxygens (including phenoxy) is 1. The van der Waals surface area contributed by atoms with Crippen molar-refractivity contribution < 1.29 is 19.1 Å². The smallest absolute Gasteiger partial charge is 0.346 e. The monoisotopic (exact) mass is 290 g/mol. The van der Waals surface area contributed by atoms with E-state index in [4.69, 9.17) is 14.3 Å². The summed E-state index contributed by atoms with van der Waals surface area (Å²) in [7, 11) is 0. The molecular formula is C13H10N2O4S. The summed E-state index contributed by atoms with van der Waals surface area (Å²) in [5.41, 5.74) is 0.618. The van der Waals surface area contributed by atoms with Gasteiger partial charge in [-0.3, -0.25) is 0 Å². The first-order valence-corrected chi connectivity index (χ1v) is 6.61. The van der Waals surface area contributed by atoms with Crippen molar-refractivity contribution in [1.29, 1.82) is 0 Å². The Morgan fingerprint density at radius 3 is 3.05 bits per heavy atom. The number of carboxylic acids is 1. The van der Waals surface area contributed by atoms with Crippen molar-refractivity contribution in [3.63, 3.8) is 0 Å². The molecule has 0 saturated heterocycles. The molecule has 0 saturated carbocycles. The maximum Gasteiger partial charge on any atom is 0.346 e. The van der Waals surface area contributed by atoms with Crippen LogP contribution in [0.4, 0.5) is 0 Å². The highest BCUT2D eigenvalue weighted by molar-refractivity contribution is 7.20. The SMILES string of the molecule is Cc1c(C(=O)O)sc2ncnc(OCc3ccco3)c12. The maximum atomic E-state index is 11.2. The number of carbonyl (C=O) groups is 1. The fourth-order valence-corrected chi connectivity index (χ4v) is 2.87. The molecule has 3 aromatic heterocycles. The molecule has 1 N–H and O–H groups in total. The Bertz CT molecular complexity index is 764. The Labute approximate surface area is 117 Å². The number of aromatic nitrogens is 2. The van der Waals surface area contributed by atoms with Gasteiger partial charge in [-0.1, -0.05) is 0 Å². The largest absolute Gasteiger partial charge is 0.477 e. The van der Waals surface area contributed by atoms with Crippen LogP contribution in [0.1, 0.15) is 21.0 Å². The lowest BCUT2D eigenvalue weighted by Gasteiger charge is -2.04. The van der Waals surface area contributed by atoms with Crippen LogP contribution in [0.2, 0.25) is 0 Å². The summed E-state index contributed by atoms with van der Waals surface area (Å²) in [6.45, 7) is 1.96. The lowest BCUT2D eigenvalue weighted by molar-refractivity contribution is 0.0701. The van der Waals surface area contributed by atoms with Gasteiger partial charge in [0.05, 0.1) is 11.6 Å². The van der Waals surface area contributed by atoms with Crippen LogP contribution in [0.15, 0.2) is 29.1 Å². The molecule has 3 heterocycles. The van der Waals surface area contributed by atoms with Crippen molar-refractivity contribution in [3.8, 4) is 5.88 Å². The minimum Gasteiger partial charge on any atom is -0.477 e. The molecule has 3 rings (SSSR count). The fraction of sp³-hybridized carbons (Fsp3) is 0.154. The predicted molar refractivity (Wildman–Crippen MR) is 72.2 cm³/mol. The maximum absolute atomic E-state index is 11.2. The van der Waals surface area contributed by atoms with Gasteiger partial charge in [0.25, 0.3) is 0 Å². The summed E-state index contributed by atoms with van der Waals surface area (Å²) >= 11 is 1.12. The third kappa shape index (κ3) is 2.12. The fourth-order valence-electron chi connectivity index (χ4n) is 1.89. The predicted octanol–water partition coefficient (Wildman–Crippen LogP) is 2.87. The third-order valence-corrected chi connectivity index (χ3v) is 4.01. The van der Waals surface area contributed by atoms with E-state index in [1.54, 1.807) is 25.3 Å². The molecule has 0 aliphatic rings. The van der Waals surface area contributed by atoms with Crippen LogP contribution in [-0.4, -0.2) is 21.0 Å². The van der Waals surface area contributed by atoms with E-state index >= 15 is 0 Å². The number of furan rings is 1. The average molecular weight is 290 g/mol. The highest BCUT2D eigenvalue weighted by atomic mass is 32.1. The van der Waals surface area contributed by atoms with E-state index in [1.807, 2.05) is 0 Å². The Kier molecular flexibility index (Phi) is 3.11. The van der Waals surface area contributed by atoms with Crippen LogP contribution >= 0.6 is 11.3 Å². The van der Waals surface area contributed by atoms with E-state index in [-0.39, 0.29) is 11.5 Å². The molecule has 0 atom stereocenters. The number of fused-ring (bicyclic) bond motifs is 1. The van der Waals surface area contributed by atoms with Gasteiger partial charge >= 0.3 is 5.97 Å². The van der Waals surface area contributed by atoms with E-state index in [0.29, 0.717) is 27.4 Å². The van der Waals surface area contributed by atoms with Gasteiger partial charge in [0.15, 0.2) is 0 Å². The Morgan fingerprint density at radius 1 is 1.50 bits per heavy atom. The molecule has 3 aromatic rings. The van der Waals surface area contributed by atoms with Gasteiger partial charge in [0.1, 0.15) is 28.4 Å². The minimum absolute atomic E-state index is 0.233. The van der Waals surface area contributed by atoms with E-state index in [1.165, 1.54) is 6.33 Å². The molecule has 7 heteroatoms. The first kappa shape index (κ1) is 12.6. The van der Waals surface area contributed by atoms with Crippen LogP contribution in [0, 0.1) is 6.92 Å². The number of nitrogens with zero attached hydrogens (tertiary/aromatic N) is 2.